The van der Waals surface area contributed by atoms with Crippen LogP contribution in [0.3, 0.4) is 0 Å². The van der Waals surface area contributed by atoms with Crippen LogP contribution < -0.4 is 5.32 Å². The summed E-state index contributed by atoms with van der Waals surface area (Å²) in [7, 11) is 0. The summed E-state index contributed by atoms with van der Waals surface area (Å²) < 4.78 is 2.43. The minimum absolute atomic E-state index is 0.219. The Morgan fingerprint density at radius 2 is 2.28 bits per heavy atom. The lowest BCUT2D eigenvalue weighted by atomic mass is 9.91. The van der Waals surface area contributed by atoms with E-state index in [9.17, 15) is 9.59 Å². The molecule has 1 fully saturated rings. The van der Waals surface area contributed by atoms with Gasteiger partial charge in [0.25, 0.3) is 0 Å². The van der Waals surface area contributed by atoms with Crippen molar-refractivity contribution in [1.29, 1.82) is 0 Å². The number of amides is 2. The summed E-state index contributed by atoms with van der Waals surface area (Å²) in [5, 5.41) is 6.41. The van der Waals surface area contributed by atoms with E-state index in [1.54, 1.807) is 10.7 Å². The van der Waals surface area contributed by atoms with Gasteiger partial charge in [0.15, 0.2) is 5.65 Å². The van der Waals surface area contributed by atoms with Crippen molar-refractivity contribution < 1.29 is 9.59 Å². The third-order valence-corrected chi connectivity index (χ3v) is 3.42. The number of nitrogens with zero attached hydrogens (tertiary/aromatic N) is 3. The molecule has 3 heterocycles. The van der Waals surface area contributed by atoms with Crippen molar-refractivity contribution in [2.24, 2.45) is 0 Å². The van der Waals surface area contributed by atoms with Crippen molar-refractivity contribution in [3.05, 3.63) is 28.6 Å². The predicted molar refractivity (Wildman–Crippen MR) is 65.8 cm³/mol. The molecule has 2 amide bonds. The molecule has 2 aromatic heterocycles. The molecular formula is C11H9BrN4O2. The first-order valence-electron chi connectivity index (χ1n) is 5.47. The second-order valence-electron chi connectivity index (χ2n) is 4.15. The highest BCUT2D eigenvalue weighted by Gasteiger charge is 2.30. The fraction of sp³-hybridized carbons (Fsp3) is 0.273. The van der Waals surface area contributed by atoms with Crippen LogP contribution in [-0.2, 0) is 9.59 Å². The topological polar surface area (TPSA) is 76.4 Å². The number of hydrogen-bond acceptors (Lipinski definition) is 4. The normalized spacial score (nSPS) is 20.2. The SMILES string of the molecule is O=C1CCC(c2cc(Br)cn3ncnc23)C(=O)N1. The highest BCUT2D eigenvalue weighted by molar-refractivity contribution is 9.10. The molecular weight excluding hydrogens is 300 g/mol. The van der Waals surface area contributed by atoms with Gasteiger partial charge < -0.3 is 0 Å². The highest BCUT2D eigenvalue weighted by Crippen LogP contribution is 2.29. The van der Waals surface area contributed by atoms with Gasteiger partial charge in [0.05, 0.1) is 5.92 Å². The summed E-state index contributed by atoms with van der Waals surface area (Å²) >= 11 is 3.38. The van der Waals surface area contributed by atoms with Gasteiger partial charge in [-0.3, -0.25) is 14.9 Å². The Morgan fingerprint density at radius 3 is 3.06 bits per heavy atom. The third-order valence-electron chi connectivity index (χ3n) is 2.98. The maximum absolute atomic E-state index is 11.9. The number of imide groups is 1. The van der Waals surface area contributed by atoms with Gasteiger partial charge in [-0.15, -0.1) is 0 Å². The van der Waals surface area contributed by atoms with Crippen molar-refractivity contribution in [3.8, 4) is 0 Å². The van der Waals surface area contributed by atoms with Gasteiger partial charge in [-0.2, -0.15) is 5.10 Å². The molecule has 18 heavy (non-hydrogen) atoms. The molecule has 3 rings (SSSR count). The number of rotatable bonds is 1. The Hall–Kier alpha value is -1.76. The zero-order chi connectivity index (χ0) is 12.7. The quantitative estimate of drug-likeness (QED) is 0.798. The van der Waals surface area contributed by atoms with Gasteiger partial charge in [0.1, 0.15) is 6.33 Å². The minimum atomic E-state index is -0.355. The number of pyridine rings is 1. The molecule has 0 bridgehead atoms. The Kier molecular flexibility index (Phi) is 2.62. The molecule has 0 aliphatic carbocycles. The van der Waals surface area contributed by atoms with E-state index >= 15 is 0 Å². The summed E-state index contributed by atoms with van der Waals surface area (Å²) in [5.74, 6) is -0.843. The van der Waals surface area contributed by atoms with Crippen molar-refractivity contribution >= 4 is 33.4 Å². The number of aromatic nitrogens is 3. The van der Waals surface area contributed by atoms with Crippen LogP contribution in [0.25, 0.3) is 5.65 Å². The zero-order valence-corrected chi connectivity index (χ0v) is 10.8. The molecule has 0 radical (unpaired) electrons. The maximum Gasteiger partial charge on any atom is 0.234 e. The average Bonchev–Trinajstić information content (AvgIpc) is 2.76. The van der Waals surface area contributed by atoms with Crippen molar-refractivity contribution in [1.82, 2.24) is 19.9 Å². The van der Waals surface area contributed by atoms with Gasteiger partial charge >= 0.3 is 0 Å². The first-order valence-corrected chi connectivity index (χ1v) is 6.27. The molecule has 1 atom stereocenters. The number of carbonyl (C=O) groups excluding carboxylic acids is 2. The number of carbonyl (C=O) groups is 2. The van der Waals surface area contributed by atoms with E-state index in [-0.39, 0.29) is 17.7 Å². The summed E-state index contributed by atoms with van der Waals surface area (Å²) in [5.41, 5.74) is 1.43. The minimum Gasteiger partial charge on any atom is -0.296 e. The highest BCUT2D eigenvalue weighted by atomic mass is 79.9. The summed E-state index contributed by atoms with van der Waals surface area (Å²) in [6.07, 6.45) is 4.07. The maximum atomic E-state index is 11.9. The lowest BCUT2D eigenvalue weighted by Gasteiger charge is -2.21. The van der Waals surface area contributed by atoms with Crippen LogP contribution in [0, 0.1) is 0 Å². The van der Waals surface area contributed by atoms with Crippen LogP contribution in [0.1, 0.15) is 24.3 Å². The second kappa shape index (κ2) is 4.16. The number of fused-ring (bicyclic) bond motifs is 1. The summed E-state index contributed by atoms with van der Waals surface area (Å²) in [6.45, 7) is 0. The Morgan fingerprint density at radius 1 is 1.44 bits per heavy atom. The van der Waals surface area contributed by atoms with Crippen LogP contribution in [0.15, 0.2) is 23.1 Å². The molecule has 6 nitrogen and oxygen atoms in total. The number of nitrogens with one attached hydrogen (secondary N) is 1. The number of hydrogen-bond donors (Lipinski definition) is 1. The van der Waals surface area contributed by atoms with Crippen LogP contribution in [0.2, 0.25) is 0 Å². The summed E-state index contributed by atoms with van der Waals surface area (Å²) in [4.78, 5) is 27.2. The molecule has 1 N–H and O–H groups in total. The van der Waals surface area contributed by atoms with Crippen LogP contribution in [0.5, 0.6) is 0 Å². The van der Waals surface area contributed by atoms with Gasteiger partial charge in [-0.1, -0.05) is 0 Å². The smallest absolute Gasteiger partial charge is 0.234 e. The summed E-state index contributed by atoms with van der Waals surface area (Å²) in [6, 6.07) is 1.85. The molecule has 1 unspecified atom stereocenters. The number of piperidine rings is 1. The lowest BCUT2D eigenvalue weighted by molar-refractivity contribution is -0.134. The molecule has 2 aromatic rings. The van der Waals surface area contributed by atoms with Crippen molar-refractivity contribution in [2.45, 2.75) is 18.8 Å². The fourth-order valence-electron chi connectivity index (χ4n) is 2.17. The van der Waals surface area contributed by atoms with E-state index in [0.29, 0.717) is 18.5 Å². The Bertz CT molecular complexity index is 652. The molecule has 0 saturated carbocycles. The van der Waals surface area contributed by atoms with E-state index in [4.69, 9.17) is 0 Å². The third kappa shape index (κ3) is 1.80. The molecule has 1 aliphatic rings. The predicted octanol–water partition coefficient (Wildman–Crippen LogP) is 1.01. The standard InChI is InChI=1S/C11H9BrN4O2/c12-6-3-8(10-13-5-14-16(10)4-6)7-1-2-9(17)15-11(7)18/h3-5,7H,1-2H2,(H,15,17,18). The molecule has 1 aliphatic heterocycles. The first-order chi connectivity index (χ1) is 8.65. The van der Waals surface area contributed by atoms with Crippen molar-refractivity contribution in [3.63, 3.8) is 0 Å². The van der Waals surface area contributed by atoms with Gasteiger partial charge in [0.2, 0.25) is 11.8 Å². The Balaban J connectivity index is 2.11. The Labute approximate surface area is 111 Å². The average molecular weight is 309 g/mol. The van der Waals surface area contributed by atoms with Crippen LogP contribution >= 0.6 is 15.9 Å². The molecule has 0 aromatic carbocycles. The van der Waals surface area contributed by atoms with Crippen LogP contribution in [0.4, 0.5) is 0 Å². The molecule has 0 spiro atoms. The fourth-order valence-corrected chi connectivity index (χ4v) is 2.61. The molecule has 7 heteroatoms. The van der Waals surface area contributed by atoms with Gasteiger partial charge in [-0.25, -0.2) is 9.50 Å². The van der Waals surface area contributed by atoms with Gasteiger partial charge in [0, 0.05) is 22.7 Å². The van der Waals surface area contributed by atoms with E-state index < -0.39 is 0 Å². The molecule has 92 valence electrons. The van der Waals surface area contributed by atoms with E-state index in [0.717, 1.165) is 10.0 Å². The van der Waals surface area contributed by atoms with E-state index in [1.165, 1.54) is 6.33 Å². The van der Waals surface area contributed by atoms with Crippen LogP contribution in [-0.4, -0.2) is 26.4 Å². The number of halogens is 1. The van der Waals surface area contributed by atoms with Crippen molar-refractivity contribution in [2.75, 3.05) is 0 Å². The van der Waals surface area contributed by atoms with E-state index in [2.05, 4.69) is 31.3 Å². The molecule has 1 saturated heterocycles. The monoisotopic (exact) mass is 308 g/mol. The first kappa shape index (κ1) is 11.3. The van der Waals surface area contributed by atoms with Gasteiger partial charge in [-0.05, 0) is 28.4 Å². The second-order valence-corrected chi connectivity index (χ2v) is 5.06. The van der Waals surface area contributed by atoms with E-state index in [1.807, 2.05) is 6.07 Å². The largest absolute Gasteiger partial charge is 0.296 e. The lowest BCUT2D eigenvalue weighted by Crippen LogP contribution is -2.39. The zero-order valence-electron chi connectivity index (χ0n) is 9.26.